The van der Waals surface area contributed by atoms with Gasteiger partial charge in [0.15, 0.2) is 0 Å². The van der Waals surface area contributed by atoms with Gasteiger partial charge in [0, 0.05) is 23.2 Å². The Hall–Kier alpha value is -1.84. The summed E-state index contributed by atoms with van der Waals surface area (Å²) in [5.74, 6) is 0.710. The molecule has 0 radical (unpaired) electrons. The van der Waals surface area contributed by atoms with E-state index in [4.69, 9.17) is 4.65 Å². The minimum atomic E-state index is -3.20. The molecule has 2 heterocycles. The van der Waals surface area contributed by atoms with Crippen LogP contribution in [0.4, 0.5) is 0 Å². The molecule has 0 saturated heterocycles. The maximum atomic E-state index is 11.7. The molecular weight excluding hydrogens is 341 g/mol. The Morgan fingerprint density at radius 2 is 2.28 bits per heavy atom. The highest BCUT2D eigenvalue weighted by Crippen LogP contribution is 2.43. The second kappa shape index (κ2) is 6.82. The summed E-state index contributed by atoms with van der Waals surface area (Å²) in [4.78, 5) is 7.35. The smallest absolute Gasteiger partial charge is 0.519 e. The lowest BCUT2D eigenvalue weighted by Gasteiger charge is -2.37. The quantitative estimate of drug-likeness (QED) is 0.651. The Morgan fingerprint density at radius 3 is 2.92 bits per heavy atom. The number of hydrogen-bond donors (Lipinski definition) is 3. The molecule has 25 heavy (non-hydrogen) atoms. The molecule has 1 fully saturated rings. The summed E-state index contributed by atoms with van der Waals surface area (Å²) >= 11 is 0. The first kappa shape index (κ1) is 18.0. The normalized spacial score (nSPS) is 20.3. The summed E-state index contributed by atoms with van der Waals surface area (Å²) < 4.78 is 31.5. The number of pyridine rings is 1. The van der Waals surface area contributed by atoms with E-state index in [9.17, 15) is 13.4 Å². The Morgan fingerprint density at radius 1 is 1.56 bits per heavy atom. The average Bonchev–Trinajstić information content (AvgIpc) is 2.97. The molecule has 0 atom stereocenters. The van der Waals surface area contributed by atoms with Gasteiger partial charge in [-0.25, -0.2) is 18.1 Å². The zero-order chi connectivity index (χ0) is 18.2. The lowest BCUT2D eigenvalue weighted by atomic mass is 9.74. The molecule has 1 saturated carbocycles. The molecule has 7 nitrogen and oxygen atoms in total. The Labute approximate surface area is 147 Å². The molecular formula is C16H22BN3O4S. The second-order valence-corrected chi connectivity index (χ2v) is 8.41. The van der Waals surface area contributed by atoms with Gasteiger partial charge in [0.25, 0.3) is 0 Å². The van der Waals surface area contributed by atoms with Crippen molar-refractivity contribution in [2.24, 2.45) is 5.92 Å². The number of H-pyrrole nitrogens is 1. The molecule has 3 rings (SSSR count). The molecule has 9 heteroatoms. The number of aromatic amines is 1. The summed E-state index contributed by atoms with van der Waals surface area (Å²) in [7, 11) is -4.16. The molecule has 134 valence electrons. The number of aromatic nitrogens is 2. The number of allylic oxidation sites excluding steroid dienone is 1. The van der Waals surface area contributed by atoms with Crippen molar-refractivity contribution in [2.75, 3.05) is 5.75 Å². The van der Waals surface area contributed by atoms with Crippen LogP contribution in [0.3, 0.4) is 0 Å². The van der Waals surface area contributed by atoms with E-state index in [1.165, 1.54) is 6.82 Å². The molecule has 0 spiro atoms. The van der Waals surface area contributed by atoms with Gasteiger partial charge in [-0.15, -0.1) is 0 Å². The zero-order valence-corrected chi connectivity index (χ0v) is 15.1. The van der Waals surface area contributed by atoms with Crippen molar-refractivity contribution in [1.29, 1.82) is 0 Å². The van der Waals surface area contributed by atoms with E-state index in [1.54, 1.807) is 19.3 Å². The molecule has 0 amide bonds. The predicted molar refractivity (Wildman–Crippen MR) is 98.7 cm³/mol. The first-order valence-electron chi connectivity index (χ1n) is 8.30. The van der Waals surface area contributed by atoms with E-state index < -0.39 is 17.1 Å². The van der Waals surface area contributed by atoms with E-state index in [0.29, 0.717) is 18.6 Å². The predicted octanol–water partition coefficient (Wildman–Crippen LogP) is 1.78. The largest absolute Gasteiger partial charge is 0.535 e. The fraction of sp³-hybridized carbons (Fsp3) is 0.438. The van der Waals surface area contributed by atoms with Crippen molar-refractivity contribution in [2.45, 2.75) is 32.6 Å². The van der Waals surface area contributed by atoms with Crippen molar-refractivity contribution in [3.8, 4) is 5.75 Å². The lowest BCUT2D eigenvalue weighted by Crippen LogP contribution is -2.45. The van der Waals surface area contributed by atoms with Gasteiger partial charge < -0.3 is 14.7 Å². The van der Waals surface area contributed by atoms with Gasteiger partial charge in [-0.3, -0.25) is 0 Å². The van der Waals surface area contributed by atoms with Crippen molar-refractivity contribution >= 4 is 33.7 Å². The van der Waals surface area contributed by atoms with Crippen molar-refractivity contribution < 1.29 is 18.1 Å². The minimum Gasteiger partial charge on any atom is -0.535 e. The van der Waals surface area contributed by atoms with Crippen LogP contribution in [0.25, 0.3) is 16.6 Å². The molecule has 2 aromatic heterocycles. The third-order valence-corrected chi connectivity index (χ3v) is 5.98. The Balaban J connectivity index is 1.82. The minimum absolute atomic E-state index is 0.0589. The molecule has 0 aliphatic heterocycles. The van der Waals surface area contributed by atoms with Crippen molar-refractivity contribution in [3.63, 3.8) is 0 Å². The van der Waals surface area contributed by atoms with Crippen molar-refractivity contribution in [3.05, 3.63) is 30.6 Å². The van der Waals surface area contributed by atoms with Gasteiger partial charge in [0.1, 0.15) is 11.4 Å². The van der Waals surface area contributed by atoms with E-state index in [2.05, 4.69) is 21.3 Å². The molecule has 3 N–H and O–H groups in total. The Kier molecular flexibility index (Phi) is 4.90. The maximum Gasteiger partial charge on any atom is 0.519 e. The van der Waals surface area contributed by atoms with Gasteiger partial charge in [-0.2, -0.15) is 0 Å². The van der Waals surface area contributed by atoms with E-state index in [0.717, 1.165) is 22.2 Å². The van der Waals surface area contributed by atoms with Crippen molar-refractivity contribution in [1.82, 2.24) is 14.7 Å². The number of sulfonamides is 1. The van der Waals surface area contributed by atoms with Gasteiger partial charge in [0.05, 0.1) is 11.9 Å². The third kappa shape index (κ3) is 3.73. The van der Waals surface area contributed by atoms with Crippen LogP contribution >= 0.6 is 0 Å². The summed E-state index contributed by atoms with van der Waals surface area (Å²) in [5.41, 5.74) is 2.40. The topological polar surface area (TPSA) is 104 Å². The van der Waals surface area contributed by atoms with Crippen LogP contribution in [0.1, 0.15) is 25.3 Å². The van der Waals surface area contributed by atoms with Crippen LogP contribution in [0.15, 0.2) is 25.0 Å². The van der Waals surface area contributed by atoms with Crippen LogP contribution in [0.2, 0.25) is 6.82 Å². The number of hydrogen-bond acceptors (Lipinski definition) is 5. The monoisotopic (exact) mass is 363 g/mol. The fourth-order valence-electron chi connectivity index (χ4n) is 3.13. The van der Waals surface area contributed by atoms with Crippen LogP contribution in [0.5, 0.6) is 5.75 Å². The van der Waals surface area contributed by atoms with Gasteiger partial charge in [-0.1, -0.05) is 6.58 Å². The number of nitrogens with zero attached hydrogens (tertiary/aromatic N) is 1. The second-order valence-electron chi connectivity index (χ2n) is 6.37. The first-order valence-corrected chi connectivity index (χ1v) is 9.96. The SMILES string of the molecule is C=C(c1c(OB(C)O)cnc2[nH]ccc12)[C@H]1C[C@@H](NS(=O)(=O)CC)C1. The van der Waals surface area contributed by atoms with Crippen LogP contribution in [-0.2, 0) is 10.0 Å². The fourth-order valence-corrected chi connectivity index (χ4v) is 4.00. The highest BCUT2D eigenvalue weighted by Gasteiger charge is 2.35. The molecule has 0 aromatic carbocycles. The van der Waals surface area contributed by atoms with Gasteiger partial charge >= 0.3 is 7.12 Å². The van der Waals surface area contributed by atoms with E-state index in [-0.39, 0.29) is 17.7 Å². The molecule has 1 aliphatic rings. The van der Waals surface area contributed by atoms with Crippen LogP contribution in [-0.4, -0.2) is 42.3 Å². The number of nitrogens with one attached hydrogen (secondary N) is 2. The molecule has 0 unspecified atom stereocenters. The number of fused-ring (bicyclic) bond motifs is 1. The van der Waals surface area contributed by atoms with Crippen LogP contribution in [0, 0.1) is 5.92 Å². The number of rotatable bonds is 7. The summed E-state index contributed by atoms with van der Waals surface area (Å²) in [6.45, 7) is 7.37. The summed E-state index contributed by atoms with van der Waals surface area (Å²) in [6, 6.07) is 1.84. The molecule has 2 aromatic rings. The Bertz CT molecular complexity index is 888. The average molecular weight is 363 g/mol. The highest BCUT2D eigenvalue weighted by atomic mass is 32.2. The van der Waals surface area contributed by atoms with Gasteiger partial charge in [-0.05, 0) is 44.1 Å². The third-order valence-electron chi connectivity index (χ3n) is 4.53. The molecule has 0 bridgehead atoms. The molecule has 1 aliphatic carbocycles. The highest BCUT2D eigenvalue weighted by molar-refractivity contribution is 7.89. The lowest BCUT2D eigenvalue weighted by molar-refractivity contribution is 0.310. The maximum absolute atomic E-state index is 11.7. The first-order chi connectivity index (χ1) is 11.8. The van der Waals surface area contributed by atoms with E-state index in [1.807, 2.05) is 6.07 Å². The zero-order valence-electron chi connectivity index (χ0n) is 14.3. The van der Waals surface area contributed by atoms with Gasteiger partial charge in [0.2, 0.25) is 10.0 Å². The standard InChI is InChI=1S/C16H22BN3O4S/c1-4-25(22,23)20-12-7-11(8-12)10(2)15-13-5-6-18-16(13)19-9-14(15)24-17(3)21/h5-6,9,11-12,20-21H,2,4,7-8H2,1,3H3,(H,18,19)/t11-,12+. The van der Waals surface area contributed by atoms with E-state index >= 15 is 0 Å². The summed E-state index contributed by atoms with van der Waals surface area (Å²) in [5, 5.41) is 10.5. The summed E-state index contributed by atoms with van der Waals surface area (Å²) in [6.07, 6.45) is 4.75. The van der Waals surface area contributed by atoms with Crippen LogP contribution < -0.4 is 9.38 Å².